The van der Waals surface area contributed by atoms with Crippen LogP contribution in [-0.4, -0.2) is 40.1 Å². The van der Waals surface area contributed by atoms with E-state index in [0.717, 1.165) is 19.4 Å². The van der Waals surface area contributed by atoms with Crippen molar-refractivity contribution in [3.8, 4) is 0 Å². The van der Waals surface area contributed by atoms with Crippen LogP contribution in [0.5, 0.6) is 0 Å². The summed E-state index contributed by atoms with van der Waals surface area (Å²) in [7, 11) is 0. The van der Waals surface area contributed by atoms with Crippen LogP contribution in [0.3, 0.4) is 0 Å². The number of nitrogens with two attached hydrogens (primary N) is 1. The molecule has 2 heterocycles. The van der Waals surface area contributed by atoms with Gasteiger partial charge in [0, 0.05) is 32.0 Å². The Morgan fingerprint density at radius 1 is 1.58 bits per heavy atom. The number of carbonyl (C=O) groups is 1. The predicted molar refractivity (Wildman–Crippen MR) is 70.3 cm³/mol. The molecule has 0 unspecified atom stereocenters. The fourth-order valence-electron chi connectivity index (χ4n) is 2.72. The second-order valence-electron chi connectivity index (χ2n) is 5.25. The fraction of sp³-hybridized carbons (Fsp3) is 0.769. The molecular weight excluding hydrogens is 244 g/mol. The quantitative estimate of drug-likeness (QED) is 0.875. The van der Waals surface area contributed by atoms with Crippen molar-refractivity contribution in [1.29, 1.82) is 0 Å². The largest absolute Gasteiger partial charge is 0.339 e. The van der Waals surface area contributed by atoms with Crippen molar-refractivity contribution in [2.75, 3.05) is 13.1 Å². The lowest BCUT2D eigenvalue weighted by Gasteiger charge is -2.39. The number of aryl methyl sites for hydroxylation is 2. The first-order valence-electron chi connectivity index (χ1n) is 6.90. The van der Waals surface area contributed by atoms with Crippen molar-refractivity contribution in [3.63, 3.8) is 0 Å². The lowest BCUT2D eigenvalue weighted by atomic mass is 9.90. The van der Waals surface area contributed by atoms with Crippen LogP contribution in [0.1, 0.15) is 37.9 Å². The van der Waals surface area contributed by atoms with Crippen molar-refractivity contribution < 1.29 is 9.32 Å². The SMILES string of the molecule is Cc1noc(CCC(=O)N2CCC[C@H](C)[C@H]2CN)n1. The summed E-state index contributed by atoms with van der Waals surface area (Å²) in [4.78, 5) is 18.3. The molecule has 2 atom stereocenters. The molecule has 0 saturated carbocycles. The molecule has 2 N–H and O–H groups in total. The van der Waals surface area contributed by atoms with Gasteiger partial charge in [-0.2, -0.15) is 4.98 Å². The van der Waals surface area contributed by atoms with E-state index in [1.54, 1.807) is 6.92 Å². The minimum absolute atomic E-state index is 0.137. The van der Waals surface area contributed by atoms with E-state index in [-0.39, 0.29) is 11.9 Å². The van der Waals surface area contributed by atoms with Crippen molar-refractivity contribution in [2.45, 2.75) is 45.6 Å². The number of hydrogen-bond donors (Lipinski definition) is 1. The molecule has 1 fully saturated rings. The molecule has 1 aromatic rings. The summed E-state index contributed by atoms with van der Waals surface area (Å²) >= 11 is 0. The van der Waals surface area contributed by atoms with Gasteiger partial charge in [0.2, 0.25) is 11.8 Å². The standard InChI is InChI=1S/C13H22N4O2/c1-9-4-3-7-17(11(9)8-14)13(18)6-5-12-15-10(2)16-19-12/h9,11H,3-8,14H2,1-2H3/t9-,11+/m0/s1. The average Bonchev–Trinajstić information content (AvgIpc) is 2.81. The molecule has 19 heavy (non-hydrogen) atoms. The highest BCUT2D eigenvalue weighted by Gasteiger charge is 2.30. The summed E-state index contributed by atoms with van der Waals surface area (Å²) < 4.78 is 5.02. The Kier molecular flexibility index (Phi) is 4.52. The van der Waals surface area contributed by atoms with E-state index in [1.807, 2.05) is 4.90 Å². The van der Waals surface area contributed by atoms with Crippen molar-refractivity contribution >= 4 is 5.91 Å². The number of carbonyl (C=O) groups excluding carboxylic acids is 1. The van der Waals surface area contributed by atoms with E-state index in [1.165, 1.54) is 0 Å². The molecule has 1 saturated heterocycles. The van der Waals surface area contributed by atoms with Crippen LogP contribution in [0.2, 0.25) is 0 Å². The second-order valence-corrected chi connectivity index (χ2v) is 5.25. The minimum Gasteiger partial charge on any atom is -0.339 e. The van der Waals surface area contributed by atoms with Gasteiger partial charge in [0.05, 0.1) is 0 Å². The third-order valence-electron chi connectivity index (χ3n) is 3.80. The van der Waals surface area contributed by atoms with Crippen LogP contribution < -0.4 is 5.73 Å². The number of piperidine rings is 1. The number of aromatic nitrogens is 2. The number of rotatable bonds is 4. The average molecular weight is 266 g/mol. The van der Waals surface area contributed by atoms with Crippen LogP contribution in [0.25, 0.3) is 0 Å². The summed E-state index contributed by atoms with van der Waals surface area (Å²) in [5.74, 6) is 1.75. The van der Waals surface area contributed by atoms with E-state index >= 15 is 0 Å². The summed E-state index contributed by atoms with van der Waals surface area (Å²) in [6, 6.07) is 0.172. The highest BCUT2D eigenvalue weighted by atomic mass is 16.5. The number of likely N-dealkylation sites (tertiary alicyclic amines) is 1. The summed E-state index contributed by atoms with van der Waals surface area (Å²) in [6.45, 7) is 5.28. The van der Waals surface area contributed by atoms with Gasteiger partial charge in [0.25, 0.3) is 0 Å². The van der Waals surface area contributed by atoms with Crippen LogP contribution >= 0.6 is 0 Å². The third-order valence-corrected chi connectivity index (χ3v) is 3.80. The zero-order chi connectivity index (χ0) is 13.8. The molecule has 6 nitrogen and oxygen atoms in total. The Labute approximate surface area is 113 Å². The maximum Gasteiger partial charge on any atom is 0.227 e. The molecule has 0 spiro atoms. The summed E-state index contributed by atoms with van der Waals surface area (Å²) in [6.07, 6.45) is 3.12. The zero-order valence-electron chi connectivity index (χ0n) is 11.6. The highest BCUT2D eigenvalue weighted by Crippen LogP contribution is 2.23. The smallest absolute Gasteiger partial charge is 0.227 e. The van der Waals surface area contributed by atoms with Crippen LogP contribution in [0.15, 0.2) is 4.52 Å². The molecule has 0 aromatic carbocycles. The van der Waals surface area contributed by atoms with Gasteiger partial charge in [-0.05, 0) is 25.7 Å². The number of hydrogen-bond acceptors (Lipinski definition) is 5. The molecule has 1 aromatic heterocycles. The van der Waals surface area contributed by atoms with Gasteiger partial charge in [0.1, 0.15) is 0 Å². The van der Waals surface area contributed by atoms with Crippen molar-refractivity contribution in [3.05, 3.63) is 11.7 Å². The maximum atomic E-state index is 12.3. The molecule has 1 aliphatic rings. The highest BCUT2D eigenvalue weighted by molar-refractivity contribution is 5.76. The maximum absolute atomic E-state index is 12.3. The molecule has 0 radical (unpaired) electrons. The van der Waals surface area contributed by atoms with Gasteiger partial charge in [-0.15, -0.1) is 0 Å². The Balaban J connectivity index is 1.91. The molecular formula is C13H22N4O2. The zero-order valence-corrected chi connectivity index (χ0v) is 11.6. The molecule has 2 rings (SSSR count). The summed E-state index contributed by atoms with van der Waals surface area (Å²) in [5, 5.41) is 3.72. The van der Waals surface area contributed by atoms with Gasteiger partial charge in [0.15, 0.2) is 5.82 Å². The van der Waals surface area contributed by atoms with Gasteiger partial charge in [-0.1, -0.05) is 12.1 Å². The number of nitrogens with zero attached hydrogens (tertiary/aromatic N) is 3. The normalized spacial score (nSPS) is 23.6. The Morgan fingerprint density at radius 3 is 3.00 bits per heavy atom. The minimum atomic E-state index is 0.137. The molecule has 1 aliphatic heterocycles. The molecule has 0 bridgehead atoms. The lowest BCUT2D eigenvalue weighted by molar-refractivity contribution is -0.136. The first-order valence-corrected chi connectivity index (χ1v) is 6.90. The van der Waals surface area contributed by atoms with Gasteiger partial charge < -0.3 is 15.2 Å². The Bertz CT molecular complexity index is 432. The van der Waals surface area contributed by atoms with E-state index in [4.69, 9.17) is 10.3 Å². The molecule has 106 valence electrons. The first kappa shape index (κ1) is 14.0. The topological polar surface area (TPSA) is 85.2 Å². The van der Waals surface area contributed by atoms with Gasteiger partial charge in [-0.25, -0.2) is 0 Å². The van der Waals surface area contributed by atoms with Crippen LogP contribution in [-0.2, 0) is 11.2 Å². The Morgan fingerprint density at radius 2 is 2.37 bits per heavy atom. The van der Waals surface area contributed by atoms with Crippen LogP contribution in [0, 0.1) is 12.8 Å². The third kappa shape index (κ3) is 3.32. The Hall–Kier alpha value is -1.43. The fourth-order valence-corrected chi connectivity index (χ4v) is 2.72. The monoisotopic (exact) mass is 266 g/mol. The number of amides is 1. The van der Waals surface area contributed by atoms with Gasteiger partial charge in [-0.3, -0.25) is 4.79 Å². The van der Waals surface area contributed by atoms with E-state index in [9.17, 15) is 4.79 Å². The van der Waals surface area contributed by atoms with Crippen LogP contribution in [0.4, 0.5) is 0 Å². The van der Waals surface area contributed by atoms with Crippen molar-refractivity contribution in [2.24, 2.45) is 11.7 Å². The van der Waals surface area contributed by atoms with Gasteiger partial charge >= 0.3 is 0 Å². The van der Waals surface area contributed by atoms with Crippen molar-refractivity contribution in [1.82, 2.24) is 15.0 Å². The lowest BCUT2D eigenvalue weighted by Crippen LogP contribution is -2.51. The first-order chi connectivity index (χ1) is 9.11. The van der Waals surface area contributed by atoms with E-state index in [0.29, 0.717) is 37.0 Å². The van der Waals surface area contributed by atoms with E-state index < -0.39 is 0 Å². The summed E-state index contributed by atoms with van der Waals surface area (Å²) in [5.41, 5.74) is 5.80. The second kappa shape index (κ2) is 6.14. The molecule has 6 heteroatoms. The van der Waals surface area contributed by atoms with E-state index in [2.05, 4.69) is 17.1 Å². The predicted octanol–water partition coefficient (Wildman–Crippen LogP) is 0.896. The molecule has 0 aliphatic carbocycles. The molecule has 1 amide bonds.